The van der Waals surface area contributed by atoms with E-state index in [1.165, 1.54) is 0 Å². The maximum Gasteiger partial charge on any atom is 0.257 e. The van der Waals surface area contributed by atoms with E-state index in [2.05, 4.69) is 10.2 Å². The Morgan fingerprint density at radius 2 is 2.04 bits per heavy atom. The highest BCUT2D eigenvalue weighted by atomic mass is 35.5. The van der Waals surface area contributed by atoms with Gasteiger partial charge in [0.1, 0.15) is 6.17 Å². The first-order valence-electron chi connectivity index (χ1n) is 9.26. The smallest absolute Gasteiger partial charge is 0.257 e. The van der Waals surface area contributed by atoms with Crippen molar-refractivity contribution in [3.05, 3.63) is 64.2 Å². The van der Waals surface area contributed by atoms with Crippen LogP contribution in [-0.4, -0.2) is 36.5 Å². The highest BCUT2D eigenvalue weighted by Gasteiger charge is 2.37. The largest absolute Gasteiger partial charge is 0.354 e. The van der Waals surface area contributed by atoms with Crippen molar-refractivity contribution in [3.8, 4) is 0 Å². The topological polar surface area (TPSA) is 52.7 Å². The van der Waals surface area contributed by atoms with Crippen LogP contribution in [-0.2, 0) is 6.54 Å². The van der Waals surface area contributed by atoms with E-state index >= 15 is 0 Å². The lowest BCUT2D eigenvalue weighted by Gasteiger charge is -2.46. The number of fused-ring (bicyclic) bond motifs is 2. The number of nitrogens with zero attached hydrogens (tertiary/aromatic N) is 2. The first-order chi connectivity index (χ1) is 13.1. The average molecular weight is 384 g/mol. The van der Waals surface area contributed by atoms with E-state index < -0.39 is 0 Å². The van der Waals surface area contributed by atoms with Crippen molar-refractivity contribution in [1.82, 2.24) is 10.2 Å². The first-order valence-corrected chi connectivity index (χ1v) is 9.63. The van der Waals surface area contributed by atoms with Gasteiger partial charge in [-0.05, 0) is 49.1 Å². The quantitative estimate of drug-likeness (QED) is 0.879. The number of rotatable bonds is 3. The molecule has 0 bridgehead atoms. The van der Waals surface area contributed by atoms with Crippen molar-refractivity contribution < 1.29 is 9.59 Å². The first kappa shape index (κ1) is 17.9. The number of carbonyl (C=O) groups is 2. The second-order valence-electron chi connectivity index (χ2n) is 7.09. The van der Waals surface area contributed by atoms with Crippen molar-refractivity contribution in [2.24, 2.45) is 0 Å². The van der Waals surface area contributed by atoms with Gasteiger partial charge in [-0.25, -0.2) is 0 Å². The number of amides is 2. The zero-order valence-corrected chi connectivity index (χ0v) is 16.0. The van der Waals surface area contributed by atoms with E-state index in [-0.39, 0.29) is 18.0 Å². The molecule has 5 nitrogen and oxygen atoms in total. The molecule has 4 rings (SSSR count). The van der Waals surface area contributed by atoms with E-state index in [1.807, 2.05) is 36.2 Å². The van der Waals surface area contributed by atoms with E-state index in [4.69, 9.17) is 11.6 Å². The second-order valence-corrected chi connectivity index (χ2v) is 7.50. The van der Waals surface area contributed by atoms with Crippen LogP contribution in [0, 0.1) is 0 Å². The highest BCUT2D eigenvalue weighted by Crippen LogP contribution is 2.34. The number of benzene rings is 2. The summed E-state index contributed by atoms with van der Waals surface area (Å²) in [4.78, 5) is 29.5. The van der Waals surface area contributed by atoms with E-state index in [0.717, 1.165) is 37.1 Å². The lowest BCUT2D eigenvalue weighted by atomic mass is 9.97. The number of hydrogen-bond donors (Lipinski definition) is 1. The van der Waals surface area contributed by atoms with Crippen molar-refractivity contribution >= 4 is 29.1 Å². The Kier molecular flexibility index (Phi) is 4.79. The predicted octanol–water partition coefficient (Wildman–Crippen LogP) is 3.67. The van der Waals surface area contributed by atoms with Gasteiger partial charge in [0.2, 0.25) is 0 Å². The zero-order chi connectivity index (χ0) is 19.0. The fraction of sp³-hybridized carbons (Fsp3) is 0.333. The minimum absolute atomic E-state index is 0.0656. The number of carbonyl (C=O) groups excluding carboxylic acids is 2. The predicted molar refractivity (Wildman–Crippen MR) is 106 cm³/mol. The lowest BCUT2D eigenvalue weighted by Crippen LogP contribution is -2.55. The Balaban J connectivity index is 1.55. The maximum absolute atomic E-state index is 12.8. The van der Waals surface area contributed by atoms with Crippen molar-refractivity contribution in [2.45, 2.75) is 32.0 Å². The van der Waals surface area contributed by atoms with Gasteiger partial charge in [-0.3, -0.25) is 9.59 Å². The molecule has 6 heteroatoms. The molecule has 2 aliphatic heterocycles. The SMILES string of the molecule is CN1c2cc(C(=O)NCc3ccccc3Cl)ccc2C(=O)N2CCCC[C@H]21. The molecular formula is C21H22ClN3O2. The van der Waals surface area contributed by atoms with Crippen LogP contribution in [0.25, 0.3) is 0 Å². The molecule has 2 aromatic rings. The standard InChI is InChI=1S/C21H22ClN3O2/c1-24-18-12-14(20(26)23-13-15-6-2-3-7-17(15)22)9-10-16(18)21(27)25-11-5-4-8-19(24)25/h2-3,6-7,9-10,12,19H,4-5,8,11,13H2,1H3,(H,23,26)/t19-/m0/s1. The molecular weight excluding hydrogens is 362 g/mol. The minimum Gasteiger partial charge on any atom is -0.354 e. The van der Waals surface area contributed by atoms with Crippen LogP contribution in [0.3, 0.4) is 0 Å². The Hall–Kier alpha value is -2.53. The minimum atomic E-state index is -0.176. The summed E-state index contributed by atoms with van der Waals surface area (Å²) in [6.45, 7) is 1.16. The van der Waals surface area contributed by atoms with Crippen LogP contribution in [0.5, 0.6) is 0 Å². The summed E-state index contributed by atoms with van der Waals surface area (Å²) in [5, 5.41) is 3.54. The molecule has 2 aliphatic rings. The Labute approximate surface area is 163 Å². The normalized spacial score (nSPS) is 18.7. The van der Waals surface area contributed by atoms with Gasteiger partial charge in [0.05, 0.1) is 11.3 Å². The summed E-state index contributed by atoms with van der Waals surface area (Å²) in [6, 6.07) is 12.8. The fourth-order valence-corrected chi connectivity index (χ4v) is 4.14. The zero-order valence-electron chi connectivity index (χ0n) is 15.2. The van der Waals surface area contributed by atoms with Gasteiger partial charge in [-0.1, -0.05) is 29.8 Å². The van der Waals surface area contributed by atoms with Crippen LogP contribution in [0.1, 0.15) is 45.5 Å². The molecule has 0 aromatic heterocycles. The molecule has 2 aromatic carbocycles. The van der Waals surface area contributed by atoms with Gasteiger partial charge in [-0.2, -0.15) is 0 Å². The molecule has 27 heavy (non-hydrogen) atoms. The molecule has 0 radical (unpaired) electrons. The fourth-order valence-electron chi connectivity index (χ4n) is 3.93. The summed E-state index contributed by atoms with van der Waals surface area (Å²) in [5.74, 6) is -0.111. The molecule has 140 valence electrons. The third-order valence-corrected chi connectivity index (χ3v) is 5.82. The number of piperidine rings is 1. The summed E-state index contributed by atoms with van der Waals surface area (Å²) in [7, 11) is 2.00. The third-order valence-electron chi connectivity index (χ3n) is 5.45. The third kappa shape index (κ3) is 3.28. The molecule has 1 fully saturated rings. The van der Waals surface area contributed by atoms with Gasteiger partial charge in [0.15, 0.2) is 0 Å². The highest BCUT2D eigenvalue weighted by molar-refractivity contribution is 6.31. The average Bonchev–Trinajstić information content (AvgIpc) is 2.71. The molecule has 0 unspecified atom stereocenters. The van der Waals surface area contributed by atoms with Crippen molar-refractivity contribution in [1.29, 1.82) is 0 Å². The van der Waals surface area contributed by atoms with Gasteiger partial charge < -0.3 is 15.1 Å². The van der Waals surface area contributed by atoms with E-state index in [1.54, 1.807) is 18.2 Å². The molecule has 1 saturated heterocycles. The summed E-state index contributed by atoms with van der Waals surface area (Å²) >= 11 is 6.15. The lowest BCUT2D eigenvalue weighted by molar-refractivity contribution is 0.0589. The summed E-state index contributed by atoms with van der Waals surface area (Å²) < 4.78 is 0. The van der Waals surface area contributed by atoms with Crippen molar-refractivity contribution in [3.63, 3.8) is 0 Å². The molecule has 0 saturated carbocycles. The summed E-state index contributed by atoms with van der Waals surface area (Å²) in [5.41, 5.74) is 2.91. The number of nitrogens with one attached hydrogen (secondary N) is 1. The second kappa shape index (κ2) is 7.24. The van der Waals surface area contributed by atoms with Gasteiger partial charge in [0.25, 0.3) is 11.8 Å². The van der Waals surface area contributed by atoms with Gasteiger partial charge >= 0.3 is 0 Å². The van der Waals surface area contributed by atoms with E-state index in [0.29, 0.717) is 22.7 Å². The molecule has 1 atom stereocenters. The van der Waals surface area contributed by atoms with Gasteiger partial charge in [0, 0.05) is 30.7 Å². The number of halogens is 1. The molecule has 2 heterocycles. The number of hydrogen-bond acceptors (Lipinski definition) is 3. The van der Waals surface area contributed by atoms with Crippen LogP contribution in [0.15, 0.2) is 42.5 Å². The Morgan fingerprint density at radius 1 is 1.22 bits per heavy atom. The van der Waals surface area contributed by atoms with Crippen LogP contribution < -0.4 is 10.2 Å². The molecule has 0 spiro atoms. The monoisotopic (exact) mass is 383 g/mol. The van der Waals surface area contributed by atoms with Crippen molar-refractivity contribution in [2.75, 3.05) is 18.5 Å². The Morgan fingerprint density at radius 3 is 2.85 bits per heavy atom. The molecule has 1 N–H and O–H groups in total. The molecule has 2 amide bonds. The van der Waals surface area contributed by atoms with Crippen LogP contribution >= 0.6 is 11.6 Å². The van der Waals surface area contributed by atoms with Crippen LogP contribution in [0.2, 0.25) is 5.02 Å². The Bertz CT molecular complexity index is 899. The van der Waals surface area contributed by atoms with Crippen LogP contribution in [0.4, 0.5) is 5.69 Å². The maximum atomic E-state index is 12.8. The number of anilines is 1. The molecule has 0 aliphatic carbocycles. The summed E-state index contributed by atoms with van der Waals surface area (Å²) in [6.07, 6.45) is 3.21. The van der Waals surface area contributed by atoms with Gasteiger partial charge in [-0.15, -0.1) is 0 Å². The van der Waals surface area contributed by atoms with E-state index in [9.17, 15) is 9.59 Å².